The maximum absolute atomic E-state index is 13.2. The monoisotopic (exact) mass is 455 g/mol. The highest BCUT2D eigenvalue weighted by Gasteiger charge is 2.27. The number of carbonyl (C=O) groups excluding carboxylic acids is 1. The number of hydrogen-bond acceptors (Lipinski definition) is 4. The van der Waals surface area contributed by atoms with Gasteiger partial charge < -0.3 is 29.4 Å². The lowest BCUT2D eigenvalue weighted by Crippen LogP contribution is -2.39. The van der Waals surface area contributed by atoms with Crippen LogP contribution in [0.25, 0.3) is 11.1 Å². The Balaban J connectivity index is 1.52. The Morgan fingerprint density at radius 2 is 1.88 bits per heavy atom. The van der Waals surface area contributed by atoms with Gasteiger partial charge in [-0.25, -0.2) is 4.79 Å². The van der Waals surface area contributed by atoms with E-state index in [1.165, 1.54) is 7.11 Å². The minimum absolute atomic E-state index is 0.0992. The van der Waals surface area contributed by atoms with Gasteiger partial charge in [-0.1, -0.05) is 23.7 Å². The summed E-state index contributed by atoms with van der Waals surface area (Å²) in [5.41, 5.74) is 3.27. The largest absolute Gasteiger partial charge is 0.493 e. The van der Waals surface area contributed by atoms with E-state index in [0.717, 1.165) is 11.1 Å². The molecule has 9 heteroatoms. The Kier molecular flexibility index (Phi) is 6.23. The summed E-state index contributed by atoms with van der Waals surface area (Å²) >= 11 is 5.98. The first-order chi connectivity index (χ1) is 15.5. The fraction of sp³-hybridized carbons (Fsp3) is 0.217. The summed E-state index contributed by atoms with van der Waals surface area (Å²) in [6, 6.07) is 14.7. The number of fused-ring (bicyclic) bond motifs is 1. The summed E-state index contributed by atoms with van der Waals surface area (Å²) in [6.45, 7) is 1.49. The van der Waals surface area contributed by atoms with Crippen LogP contribution in [-0.2, 0) is 6.54 Å². The number of halogens is 1. The number of hydrogen-bond donors (Lipinski definition) is 2. The van der Waals surface area contributed by atoms with E-state index in [1.54, 1.807) is 23.1 Å². The normalized spacial score (nSPS) is 12.9. The van der Waals surface area contributed by atoms with Crippen LogP contribution in [0.5, 0.6) is 11.5 Å². The Morgan fingerprint density at radius 1 is 1.09 bits per heavy atom. The van der Waals surface area contributed by atoms with Crippen molar-refractivity contribution < 1.29 is 24.2 Å². The van der Waals surface area contributed by atoms with Crippen LogP contribution >= 0.6 is 11.6 Å². The van der Waals surface area contributed by atoms with E-state index in [0.29, 0.717) is 41.0 Å². The molecular formula is C23H22ClN3O5. The highest BCUT2D eigenvalue weighted by Crippen LogP contribution is 2.34. The Hall–Kier alpha value is -3.65. The molecule has 0 radical (unpaired) electrons. The van der Waals surface area contributed by atoms with Gasteiger partial charge in [0.1, 0.15) is 12.3 Å². The standard InChI is InChI=1S/C23H22ClN3O5/c1-31-21-13-18(6-7-20(21)32-11-8-25-23(29)30)27-10-9-26-14-16(12-19(26)22(27)28)15-2-4-17(24)5-3-15/h2-7,12-14,25H,8-11H2,1H3,(H,29,30). The zero-order valence-electron chi connectivity index (χ0n) is 17.4. The molecule has 1 aromatic heterocycles. The number of benzene rings is 2. The first-order valence-corrected chi connectivity index (χ1v) is 10.4. The number of aromatic nitrogens is 1. The number of amides is 2. The molecule has 0 atom stereocenters. The van der Waals surface area contributed by atoms with Crippen molar-refractivity contribution in [3.05, 3.63) is 65.4 Å². The number of carbonyl (C=O) groups is 2. The number of ether oxygens (including phenoxy) is 2. The average molecular weight is 456 g/mol. The lowest BCUT2D eigenvalue weighted by molar-refractivity contribution is 0.0965. The molecule has 2 heterocycles. The van der Waals surface area contributed by atoms with E-state index in [9.17, 15) is 9.59 Å². The van der Waals surface area contributed by atoms with Crippen LogP contribution in [0.3, 0.4) is 0 Å². The van der Waals surface area contributed by atoms with Crippen LogP contribution in [-0.4, -0.2) is 48.5 Å². The molecule has 2 N–H and O–H groups in total. The molecule has 0 bridgehead atoms. The number of anilines is 1. The number of carboxylic acid groups (broad SMARTS) is 1. The van der Waals surface area contributed by atoms with Crippen molar-refractivity contribution in [1.82, 2.24) is 9.88 Å². The second-order valence-electron chi connectivity index (χ2n) is 7.19. The molecule has 32 heavy (non-hydrogen) atoms. The van der Waals surface area contributed by atoms with Crippen molar-refractivity contribution in [3.63, 3.8) is 0 Å². The lowest BCUT2D eigenvalue weighted by Gasteiger charge is -2.28. The van der Waals surface area contributed by atoms with Crippen molar-refractivity contribution >= 4 is 29.3 Å². The molecule has 0 spiro atoms. The van der Waals surface area contributed by atoms with Crippen LogP contribution in [0.2, 0.25) is 5.02 Å². The van der Waals surface area contributed by atoms with Gasteiger partial charge in [-0.05, 0) is 35.9 Å². The minimum atomic E-state index is -1.11. The molecule has 1 aliphatic heterocycles. The molecule has 4 rings (SSSR count). The average Bonchev–Trinajstić information content (AvgIpc) is 3.23. The third kappa shape index (κ3) is 4.50. The third-order valence-corrected chi connectivity index (χ3v) is 5.45. The highest BCUT2D eigenvalue weighted by atomic mass is 35.5. The fourth-order valence-corrected chi connectivity index (χ4v) is 3.76. The summed E-state index contributed by atoms with van der Waals surface area (Å²) < 4.78 is 13.0. The lowest BCUT2D eigenvalue weighted by atomic mass is 10.1. The summed E-state index contributed by atoms with van der Waals surface area (Å²) in [5, 5.41) is 11.5. The molecule has 2 aromatic carbocycles. The number of rotatable bonds is 7. The van der Waals surface area contributed by atoms with Gasteiger partial charge in [0.05, 0.1) is 13.7 Å². The van der Waals surface area contributed by atoms with Crippen LogP contribution in [0.4, 0.5) is 10.5 Å². The molecule has 0 fully saturated rings. The maximum atomic E-state index is 13.2. The van der Waals surface area contributed by atoms with Gasteiger partial charge >= 0.3 is 6.09 Å². The summed E-state index contributed by atoms with van der Waals surface area (Å²) in [5.74, 6) is 0.840. The maximum Gasteiger partial charge on any atom is 0.404 e. The van der Waals surface area contributed by atoms with Crippen LogP contribution < -0.4 is 19.7 Å². The van der Waals surface area contributed by atoms with Crippen LogP contribution in [0.1, 0.15) is 10.5 Å². The predicted octanol–water partition coefficient (Wildman–Crippen LogP) is 4.12. The van der Waals surface area contributed by atoms with E-state index in [2.05, 4.69) is 5.32 Å². The van der Waals surface area contributed by atoms with Gasteiger partial charge in [0.25, 0.3) is 5.91 Å². The number of nitrogens with one attached hydrogen (secondary N) is 1. The van der Waals surface area contributed by atoms with Crippen molar-refractivity contribution in [2.24, 2.45) is 0 Å². The smallest absolute Gasteiger partial charge is 0.404 e. The number of methoxy groups -OCH3 is 1. The van der Waals surface area contributed by atoms with Crippen molar-refractivity contribution in [1.29, 1.82) is 0 Å². The van der Waals surface area contributed by atoms with Crippen molar-refractivity contribution in [3.8, 4) is 22.6 Å². The topological polar surface area (TPSA) is 93.0 Å². The van der Waals surface area contributed by atoms with E-state index >= 15 is 0 Å². The van der Waals surface area contributed by atoms with Crippen LogP contribution in [0, 0.1) is 0 Å². The molecule has 2 amide bonds. The third-order valence-electron chi connectivity index (χ3n) is 5.20. The van der Waals surface area contributed by atoms with Gasteiger partial charge in [-0.3, -0.25) is 4.79 Å². The van der Waals surface area contributed by atoms with E-state index in [-0.39, 0.29) is 19.1 Å². The van der Waals surface area contributed by atoms with Gasteiger partial charge in [0.2, 0.25) is 0 Å². The molecule has 8 nitrogen and oxygen atoms in total. The Labute approximate surface area is 189 Å². The van der Waals surface area contributed by atoms with E-state index in [4.69, 9.17) is 26.2 Å². The molecule has 166 valence electrons. The minimum Gasteiger partial charge on any atom is -0.493 e. The van der Waals surface area contributed by atoms with Gasteiger partial charge in [-0.2, -0.15) is 0 Å². The molecule has 3 aromatic rings. The quantitative estimate of drug-likeness (QED) is 0.523. The molecule has 0 aliphatic carbocycles. The molecular weight excluding hydrogens is 434 g/mol. The summed E-state index contributed by atoms with van der Waals surface area (Å²) in [7, 11) is 1.52. The second-order valence-corrected chi connectivity index (χ2v) is 7.62. The number of nitrogens with zero attached hydrogens (tertiary/aromatic N) is 2. The zero-order chi connectivity index (χ0) is 22.7. The Morgan fingerprint density at radius 3 is 2.59 bits per heavy atom. The molecule has 0 saturated carbocycles. The first kappa shape index (κ1) is 21.6. The summed E-state index contributed by atoms with van der Waals surface area (Å²) in [4.78, 5) is 25.5. The first-order valence-electron chi connectivity index (χ1n) is 10.0. The van der Waals surface area contributed by atoms with Crippen LogP contribution in [0.15, 0.2) is 54.7 Å². The molecule has 1 aliphatic rings. The zero-order valence-corrected chi connectivity index (χ0v) is 18.1. The van der Waals surface area contributed by atoms with E-state index < -0.39 is 6.09 Å². The molecule has 0 unspecified atom stereocenters. The van der Waals surface area contributed by atoms with Gasteiger partial charge in [0.15, 0.2) is 11.5 Å². The second kappa shape index (κ2) is 9.23. The van der Waals surface area contributed by atoms with Crippen molar-refractivity contribution in [2.45, 2.75) is 6.54 Å². The molecule has 0 saturated heterocycles. The van der Waals surface area contributed by atoms with Crippen molar-refractivity contribution in [2.75, 3.05) is 31.7 Å². The predicted molar refractivity (Wildman–Crippen MR) is 121 cm³/mol. The summed E-state index contributed by atoms with van der Waals surface area (Å²) in [6.07, 6.45) is 0.875. The van der Waals surface area contributed by atoms with Gasteiger partial charge in [-0.15, -0.1) is 0 Å². The fourth-order valence-electron chi connectivity index (χ4n) is 3.63. The highest BCUT2D eigenvalue weighted by molar-refractivity contribution is 6.30. The Bertz CT molecular complexity index is 1140. The van der Waals surface area contributed by atoms with Gasteiger partial charge in [0, 0.05) is 41.6 Å². The SMILES string of the molecule is COc1cc(N2CCn3cc(-c4ccc(Cl)cc4)cc3C2=O)ccc1OCCNC(=O)O. The van der Waals surface area contributed by atoms with E-state index in [1.807, 2.05) is 41.1 Å².